The lowest BCUT2D eigenvalue weighted by molar-refractivity contribution is -0.145. The minimum Gasteiger partial charge on any atom is -0.508 e. The molecular weight excluding hydrogens is 661 g/mol. The monoisotopic (exact) mass is 724 g/mol. The van der Waals surface area contributed by atoms with E-state index in [0.29, 0.717) is 35.8 Å². The summed E-state index contributed by atoms with van der Waals surface area (Å²) in [7, 11) is 0. The molecule has 0 unspecified atom stereocenters. The fourth-order valence-electron chi connectivity index (χ4n) is 10.8. The first-order chi connectivity index (χ1) is 26.4. The summed E-state index contributed by atoms with van der Waals surface area (Å²) in [6.07, 6.45) is 34.0. The number of phenolic OH excluding ortho intramolecular Hbond substituents is 1. The van der Waals surface area contributed by atoms with Crippen molar-refractivity contribution in [3.8, 4) is 5.75 Å². The number of aromatic hydroxyl groups is 1. The van der Waals surface area contributed by atoms with E-state index in [-0.39, 0.29) is 0 Å². The van der Waals surface area contributed by atoms with Gasteiger partial charge in [0.2, 0.25) is 0 Å². The maximum atomic E-state index is 13.4. The first-order valence-corrected chi connectivity index (χ1v) is 21.7. The van der Waals surface area contributed by atoms with Crippen molar-refractivity contribution in [1.82, 2.24) is 0 Å². The molecule has 2 bridgehead atoms. The lowest BCUT2D eigenvalue weighted by Gasteiger charge is -2.48. The van der Waals surface area contributed by atoms with Crippen LogP contribution in [-0.4, -0.2) is 16.2 Å². The van der Waals surface area contributed by atoms with Crippen LogP contribution in [0.1, 0.15) is 138 Å². The van der Waals surface area contributed by atoms with Crippen molar-refractivity contribution in [2.75, 3.05) is 0 Å². The second kappa shape index (κ2) is 18.2. The quantitative estimate of drug-likeness (QED) is 0.136. The van der Waals surface area contributed by atoms with Crippen LogP contribution in [0.25, 0.3) is 12.2 Å². The van der Waals surface area contributed by atoms with Crippen molar-refractivity contribution in [2.24, 2.45) is 29.6 Å². The highest BCUT2D eigenvalue weighted by atomic mass is 16.4. The Labute approximate surface area is 325 Å². The minimum atomic E-state index is -0.664. The zero-order valence-electron chi connectivity index (χ0n) is 32.8. The Bertz CT molecular complexity index is 1900. The molecule has 286 valence electrons. The molecule has 3 aromatic carbocycles. The molecule has 1 fully saturated rings. The predicted octanol–water partition coefficient (Wildman–Crippen LogP) is 11.4. The van der Waals surface area contributed by atoms with E-state index >= 15 is 0 Å². The van der Waals surface area contributed by atoms with Gasteiger partial charge in [-0.3, -0.25) is 4.79 Å². The molecule has 0 saturated heterocycles. The van der Waals surface area contributed by atoms with Gasteiger partial charge in [-0.1, -0.05) is 143 Å². The number of phenols is 1. The van der Waals surface area contributed by atoms with Gasteiger partial charge in [0, 0.05) is 5.41 Å². The van der Waals surface area contributed by atoms with Gasteiger partial charge in [-0.2, -0.15) is 0 Å². The molecule has 7 rings (SSSR count). The van der Waals surface area contributed by atoms with Gasteiger partial charge in [0.05, 0.1) is 5.92 Å². The highest BCUT2D eigenvalue weighted by molar-refractivity contribution is 5.73. The highest BCUT2D eigenvalue weighted by Gasteiger charge is 2.49. The zero-order chi connectivity index (χ0) is 37.3. The van der Waals surface area contributed by atoms with Gasteiger partial charge in [-0.05, 0) is 145 Å². The van der Waals surface area contributed by atoms with E-state index in [1.165, 1.54) is 84.9 Å². The molecule has 4 aliphatic rings. The third kappa shape index (κ3) is 8.98. The second-order valence-electron chi connectivity index (χ2n) is 17.4. The van der Waals surface area contributed by atoms with Crippen LogP contribution in [0.2, 0.25) is 0 Å². The normalized spacial score (nSPS) is 27.6. The minimum absolute atomic E-state index is 0.318. The average molecular weight is 725 g/mol. The van der Waals surface area contributed by atoms with Crippen LogP contribution in [0.3, 0.4) is 0 Å². The average Bonchev–Trinajstić information content (AvgIpc) is 3.71. The summed E-state index contributed by atoms with van der Waals surface area (Å²) in [5.41, 5.74) is 4.52. The van der Waals surface area contributed by atoms with E-state index in [1.807, 2.05) is 6.07 Å². The Morgan fingerprint density at radius 2 is 1.59 bits per heavy atom. The number of benzene rings is 3. The molecule has 3 aromatic rings. The number of carbonyl (C=O) groups is 1. The number of aliphatic carboxylic acids is 1. The maximum Gasteiger partial charge on any atom is 0.307 e. The lowest BCUT2D eigenvalue weighted by Crippen LogP contribution is -2.47. The number of carboxylic acid groups (broad SMARTS) is 1. The van der Waals surface area contributed by atoms with Gasteiger partial charge in [-0.15, -0.1) is 0 Å². The van der Waals surface area contributed by atoms with Crippen LogP contribution >= 0.6 is 0 Å². The van der Waals surface area contributed by atoms with E-state index in [2.05, 4.69) is 104 Å². The van der Waals surface area contributed by atoms with Crippen molar-refractivity contribution in [2.45, 2.75) is 134 Å². The van der Waals surface area contributed by atoms with Gasteiger partial charge < -0.3 is 10.2 Å². The van der Waals surface area contributed by atoms with Gasteiger partial charge in [-0.25, -0.2) is 0 Å². The van der Waals surface area contributed by atoms with Crippen molar-refractivity contribution in [1.29, 1.82) is 0 Å². The predicted molar refractivity (Wildman–Crippen MR) is 224 cm³/mol. The van der Waals surface area contributed by atoms with Crippen molar-refractivity contribution in [3.05, 3.63) is 124 Å². The van der Waals surface area contributed by atoms with Crippen LogP contribution in [0.15, 0.2) is 91.0 Å². The third-order valence-electron chi connectivity index (χ3n) is 13.9. The Hall–Kier alpha value is -3.85. The summed E-state index contributed by atoms with van der Waals surface area (Å²) < 4.78 is 0. The number of allylic oxidation sites excluding steroid dienone is 4. The van der Waals surface area contributed by atoms with Crippen LogP contribution in [-0.2, 0) is 23.1 Å². The van der Waals surface area contributed by atoms with Gasteiger partial charge >= 0.3 is 5.97 Å². The Morgan fingerprint density at radius 3 is 2.37 bits per heavy atom. The molecule has 2 N–H and O–H groups in total. The lowest BCUT2D eigenvalue weighted by atomic mass is 9.55. The van der Waals surface area contributed by atoms with E-state index < -0.39 is 17.3 Å². The van der Waals surface area contributed by atoms with Gasteiger partial charge in [0.25, 0.3) is 0 Å². The first-order valence-electron chi connectivity index (χ1n) is 21.7. The summed E-state index contributed by atoms with van der Waals surface area (Å²) >= 11 is 0. The second-order valence-corrected chi connectivity index (χ2v) is 17.4. The molecule has 0 aliphatic heterocycles. The number of fused-ring (bicyclic) bond motifs is 5. The summed E-state index contributed by atoms with van der Waals surface area (Å²) in [5.74, 6) is 1.62. The molecule has 1 saturated carbocycles. The molecule has 0 radical (unpaired) electrons. The topological polar surface area (TPSA) is 57.5 Å². The standard InChI is InChI=1S/C51H64O3/c1-2-3-6-24-44-35-43(27-28-49(44)52)47-32-38-19-15-25-46(31-38)51(30-29-42-33-40-22-11-12-23-41(40)34-45(42)36-51)48(50(53)54)26-14-13-21-39(47)20-8-5-4-7-16-37-17-9-10-18-37/h9,11-15,17,19,22-23,25,27-28,31,33-35,37,39,42,45,47-48,52H,2-8,10,16,18,20-21,24,26,29-30,32,36H2,1H3,(H,53,54)/t37-,39-,42-,45+,47-,48-,51-/m0/s1. The van der Waals surface area contributed by atoms with E-state index in [1.54, 1.807) is 0 Å². The van der Waals surface area contributed by atoms with Crippen LogP contribution in [0, 0.1) is 29.6 Å². The largest absolute Gasteiger partial charge is 0.508 e. The van der Waals surface area contributed by atoms with E-state index in [4.69, 9.17) is 0 Å². The number of carboxylic acids is 1. The van der Waals surface area contributed by atoms with Crippen LogP contribution in [0.4, 0.5) is 0 Å². The number of unbranched alkanes of at least 4 members (excludes halogenated alkanes) is 5. The van der Waals surface area contributed by atoms with Crippen molar-refractivity contribution in [3.63, 3.8) is 0 Å². The highest BCUT2D eigenvalue weighted by Crippen LogP contribution is 2.52. The molecule has 1 spiro atoms. The number of hydrogen-bond donors (Lipinski definition) is 2. The number of hydrogen-bond acceptors (Lipinski definition) is 2. The summed E-state index contributed by atoms with van der Waals surface area (Å²) in [6, 6.07) is 24.3. The van der Waals surface area contributed by atoms with Crippen LogP contribution < -0.4 is 10.4 Å². The van der Waals surface area contributed by atoms with Crippen molar-refractivity contribution >= 4 is 18.1 Å². The Balaban J connectivity index is 1.20. The van der Waals surface area contributed by atoms with E-state index in [9.17, 15) is 15.0 Å². The zero-order valence-corrected chi connectivity index (χ0v) is 32.8. The summed E-state index contributed by atoms with van der Waals surface area (Å²) in [4.78, 5) is 13.4. The van der Waals surface area contributed by atoms with Crippen LogP contribution in [0.5, 0.6) is 5.75 Å². The number of rotatable bonds is 13. The van der Waals surface area contributed by atoms with Gasteiger partial charge in [0.15, 0.2) is 0 Å². The molecular formula is C51H64O3. The Kier molecular flexibility index (Phi) is 12.9. The summed E-state index contributed by atoms with van der Waals surface area (Å²) in [6.45, 7) is 2.23. The SMILES string of the molecule is CCCCCc1cc([C@H]2Cc3cccc(c3)[C@@]3(CC[C@H]4C=c5ccccc5=C[C@@H]4C3)[C@H](C(=O)O)CC=CC[C@@H]2CCCCCC[C@H]2C=CCC2)ccc1O. The molecule has 3 nitrogen and oxygen atoms in total. The molecule has 3 heteroatoms. The summed E-state index contributed by atoms with van der Waals surface area (Å²) in [5, 5.41) is 24.5. The Morgan fingerprint density at radius 1 is 0.796 bits per heavy atom. The molecule has 0 heterocycles. The molecule has 7 atom stereocenters. The molecule has 54 heavy (non-hydrogen) atoms. The van der Waals surface area contributed by atoms with Crippen molar-refractivity contribution < 1.29 is 15.0 Å². The third-order valence-corrected chi connectivity index (χ3v) is 13.9. The fourth-order valence-corrected chi connectivity index (χ4v) is 10.8. The molecule has 4 aliphatic carbocycles. The number of aryl methyl sites for hydroxylation is 1. The first kappa shape index (κ1) is 38.4. The van der Waals surface area contributed by atoms with E-state index in [0.717, 1.165) is 62.8 Å². The smallest absolute Gasteiger partial charge is 0.307 e. The molecule has 0 aromatic heterocycles. The van der Waals surface area contributed by atoms with Gasteiger partial charge in [0.1, 0.15) is 5.75 Å². The maximum absolute atomic E-state index is 13.4. The fraction of sp³-hybridized carbons (Fsp3) is 0.510. The molecule has 0 amide bonds.